The van der Waals surface area contributed by atoms with Gasteiger partial charge in [0, 0.05) is 6.61 Å². The minimum Gasteiger partial charge on any atom is -0.378 e. The van der Waals surface area contributed by atoms with Gasteiger partial charge in [-0.25, -0.2) is 0 Å². The Labute approximate surface area is 101 Å². The van der Waals surface area contributed by atoms with Crippen molar-refractivity contribution in [2.24, 2.45) is 5.92 Å². The second-order valence-electron chi connectivity index (χ2n) is 4.62. The molecule has 0 saturated carbocycles. The fraction of sp³-hybridized carbons (Fsp3) is 0.667. The lowest BCUT2D eigenvalue weighted by molar-refractivity contribution is -0.127. The van der Waals surface area contributed by atoms with Gasteiger partial charge in [0.05, 0.1) is 29.1 Å². The molecule has 1 fully saturated rings. The number of aryl methyl sites for hydroxylation is 2. The number of nitrogens with zero attached hydrogens (tertiary/aromatic N) is 1. The number of H-pyrrole nitrogens is 1. The Morgan fingerprint density at radius 2 is 2.29 bits per heavy atom. The van der Waals surface area contributed by atoms with Gasteiger partial charge in [-0.2, -0.15) is 5.10 Å². The predicted molar refractivity (Wildman–Crippen MR) is 64.8 cm³/mol. The van der Waals surface area contributed by atoms with Gasteiger partial charge in [-0.1, -0.05) is 0 Å². The normalized spacial score (nSPS) is 24.6. The lowest BCUT2D eigenvalue weighted by atomic mass is 9.94. The maximum absolute atomic E-state index is 12.1. The van der Waals surface area contributed by atoms with E-state index in [-0.39, 0.29) is 17.9 Å². The number of ether oxygens (including phenoxy) is 1. The van der Waals surface area contributed by atoms with Gasteiger partial charge < -0.3 is 10.1 Å². The quantitative estimate of drug-likeness (QED) is 0.824. The van der Waals surface area contributed by atoms with Crippen LogP contribution in [0.25, 0.3) is 0 Å². The first kappa shape index (κ1) is 12.1. The summed E-state index contributed by atoms with van der Waals surface area (Å²) in [7, 11) is 0. The van der Waals surface area contributed by atoms with E-state index in [1.165, 1.54) is 0 Å². The van der Waals surface area contributed by atoms with Gasteiger partial charge >= 0.3 is 0 Å². The van der Waals surface area contributed by atoms with Crippen LogP contribution in [0.5, 0.6) is 0 Å². The molecule has 94 valence electrons. The Morgan fingerprint density at radius 3 is 2.88 bits per heavy atom. The molecule has 17 heavy (non-hydrogen) atoms. The molecule has 1 aromatic rings. The van der Waals surface area contributed by atoms with Crippen molar-refractivity contribution in [3.63, 3.8) is 0 Å². The summed E-state index contributed by atoms with van der Waals surface area (Å²) in [5.41, 5.74) is 2.51. The van der Waals surface area contributed by atoms with E-state index in [4.69, 9.17) is 4.74 Å². The van der Waals surface area contributed by atoms with Crippen LogP contribution in [0.15, 0.2) is 0 Å². The molecule has 0 unspecified atom stereocenters. The number of nitrogens with one attached hydrogen (secondary N) is 2. The molecule has 0 spiro atoms. The lowest BCUT2D eigenvalue weighted by Gasteiger charge is -2.28. The summed E-state index contributed by atoms with van der Waals surface area (Å²) in [5, 5.41) is 9.87. The van der Waals surface area contributed by atoms with Gasteiger partial charge in [-0.15, -0.1) is 0 Å². The number of amides is 1. The SMILES string of the molecule is Cc1n[nH]c(C)c1NC(=O)[C@H]1CCCO[C@H]1C. The van der Waals surface area contributed by atoms with E-state index in [1.54, 1.807) is 0 Å². The van der Waals surface area contributed by atoms with Crippen LogP contribution in [0.1, 0.15) is 31.2 Å². The first-order valence-electron chi connectivity index (χ1n) is 6.03. The third-order valence-corrected chi connectivity index (χ3v) is 3.32. The topological polar surface area (TPSA) is 67.0 Å². The minimum absolute atomic E-state index is 0.00346. The van der Waals surface area contributed by atoms with E-state index in [0.717, 1.165) is 36.5 Å². The van der Waals surface area contributed by atoms with Crippen LogP contribution in [0.4, 0.5) is 5.69 Å². The molecule has 0 radical (unpaired) electrons. The molecular formula is C12H19N3O2. The first-order chi connectivity index (χ1) is 8.09. The van der Waals surface area contributed by atoms with Gasteiger partial charge in [0.2, 0.25) is 5.91 Å². The second kappa shape index (κ2) is 4.87. The summed E-state index contributed by atoms with van der Waals surface area (Å²) in [6.45, 7) is 6.49. The van der Waals surface area contributed by atoms with E-state index in [1.807, 2.05) is 20.8 Å². The monoisotopic (exact) mass is 237 g/mol. The minimum atomic E-state index is -0.0579. The van der Waals surface area contributed by atoms with Gasteiger partial charge in [0.1, 0.15) is 0 Å². The second-order valence-corrected chi connectivity index (χ2v) is 4.62. The summed E-state index contributed by atoms with van der Waals surface area (Å²) < 4.78 is 5.51. The summed E-state index contributed by atoms with van der Waals surface area (Å²) in [4.78, 5) is 12.1. The number of aromatic amines is 1. The fourth-order valence-corrected chi connectivity index (χ4v) is 2.22. The molecule has 1 aromatic heterocycles. The standard InChI is InChI=1S/C12H19N3O2/c1-7-11(8(2)15-14-7)13-12(16)10-5-4-6-17-9(10)3/h9-10H,4-6H2,1-3H3,(H,13,16)(H,14,15)/t9-,10-/m0/s1. The van der Waals surface area contributed by atoms with E-state index >= 15 is 0 Å². The highest BCUT2D eigenvalue weighted by Gasteiger charge is 2.29. The average Bonchev–Trinajstić information content (AvgIpc) is 2.61. The van der Waals surface area contributed by atoms with E-state index in [9.17, 15) is 4.79 Å². The zero-order valence-corrected chi connectivity index (χ0v) is 10.5. The average molecular weight is 237 g/mol. The van der Waals surface area contributed by atoms with Crippen LogP contribution in [0.2, 0.25) is 0 Å². The molecule has 2 atom stereocenters. The van der Waals surface area contributed by atoms with Crippen LogP contribution in [-0.4, -0.2) is 28.8 Å². The van der Waals surface area contributed by atoms with Crippen LogP contribution >= 0.6 is 0 Å². The van der Waals surface area contributed by atoms with Crippen molar-refractivity contribution in [1.82, 2.24) is 10.2 Å². The van der Waals surface area contributed by atoms with Gasteiger partial charge in [0.25, 0.3) is 0 Å². The number of carbonyl (C=O) groups is 1. The van der Waals surface area contributed by atoms with Gasteiger partial charge in [-0.3, -0.25) is 9.89 Å². The molecule has 2 rings (SSSR count). The number of anilines is 1. The molecule has 0 aliphatic carbocycles. The van der Waals surface area contributed by atoms with Crippen molar-refractivity contribution >= 4 is 11.6 Å². The molecule has 1 amide bonds. The Kier molecular flexibility index (Phi) is 3.47. The van der Waals surface area contributed by atoms with E-state index in [2.05, 4.69) is 15.5 Å². The largest absolute Gasteiger partial charge is 0.378 e. The Bertz CT molecular complexity index is 394. The maximum Gasteiger partial charge on any atom is 0.230 e. The molecule has 2 heterocycles. The lowest BCUT2D eigenvalue weighted by Crippen LogP contribution is -2.36. The number of hydrogen-bond acceptors (Lipinski definition) is 3. The van der Waals surface area contributed by atoms with Crippen molar-refractivity contribution in [3.8, 4) is 0 Å². The number of carbonyl (C=O) groups excluding carboxylic acids is 1. The van der Waals surface area contributed by atoms with E-state index in [0.29, 0.717) is 0 Å². The Balaban J connectivity index is 2.06. The zero-order valence-electron chi connectivity index (χ0n) is 10.5. The van der Waals surface area contributed by atoms with Gasteiger partial charge in [-0.05, 0) is 33.6 Å². The molecule has 0 bridgehead atoms. The third kappa shape index (κ3) is 2.49. The Morgan fingerprint density at radius 1 is 1.53 bits per heavy atom. The van der Waals surface area contributed by atoms with Crippen molar-refractivity contribution in [3.05, 3.63) is 11.4 Å². The number of aromatic nitrogens is 2. The summed E-state index contributed by atoms with van der Waals surface area (Å²) in [6.07, 6.45) is 1.84. The first-order valence-corrected chi connectivity index (χ1v) is 6.03. The van der Waals surface area contributed by atoms with Crippen LogP contribution in [0, 0.1) is 19.8 Å². The smallest absolute Gasteiger partial charge is 0.230 e. The predicted octanol–water partition coefficient (Wildman–Crippen LogP) is 1.78. The summed E-state index contributed by atoms with van der Waals surface area (Å²) >= 11 is 0. The van der Waals surface area contributed by atoms with Crippen LogP contribution in [0.3, 0.4) is 0 Å². The molecule has 0 aromatic carbocycles. The van der Waals surface area contributed by atoms with Crippen LogP contribution < -0.4 is 5.32 Å². The maximum atomic E-state index is 12.1. The summed E-state index contributed by atoms with van der Waals surface area (Å²) in [6, 6.07) is 0. The van der Waals surface area contributed by atoms with Crippen molar-refractivity contribution < 1.29 is 9.53 Å². The number of hydrogen-bond donors (Lipinski definition) is 2. The molecule has 5 heteroatoms. The summed E-state index contributed by atoms with van der Waals surface area (Å²) in [5.74, 6) is -0.0257. The highest BCUT2D eigenvalue weighted by molar-refractivity contribution is 5.94. The molecule has 5 nitrogen and oxygen atoms in total. The molecule has 1 aliphatic rings. The molecule has 1 aliphatic heterocycles. The van der Waals surface area contributed by atoms with Crippen molar-refractivity contribution in [2.45, 2.75) is 39.7 Å². The molecule has 2 N–H and O–H groups in total. The third-order valence-electron chi connectivity index (χ3n) is 3.32. The Hall–Kier alpha value is -1.36. The number of rotatable bonds is 2. The van der Waals surface area contributed by atoms with Crippen molar-refractivity contribution in [1.29, 1.82) is 0 Å². The van der Waals surface area contributed by atoms with Crippen LogP contribution in [-0.2, 0) is 9.53 Å². The zero-order chi connectivity index (χ0) is 12.4. The molecular weight excluding hydrogens is 218 g/mol. The van der Waals surface area contributed by atoms with E-state index < -0.39 is 0 Å². The molecule has 1 saturated heterocycles. The highest BCUT2D eigenvalue weighted by Crippen LogP contribution is 2.24. The van der Waals surface area contributed by atoms with Gasteiger partial charge in [0.15, 0.2) is 0 Å². The fourth-order valence-electron chi connectivity index (χ4n) is 2.22. The highest BCUT2D eigenvalue weighted by atomic mass is 16.5. The van der Waals surface area contributed by atoms with Crippen molar-refractivity contribution in [2.75, 3.05) is 11.9 Å².